The summed E-state index contributed by atoms with van der Waals surface area (Å²) in [5.74, 6) is 1.47. The topological polar surface area (TPSA) is 38.7 Å². The van der Waals surface area contributed by atoms with Gasteiger partial charge in [-0.1, -0.05) is 6.92 Å². The zero-order valence-corrected chi connectivity index (χ0v) is 10.9. The molecule has 3 nitrogen and oxygen atoms in total. The molecule has 0 aromatic heterocycles. The zero-order chi connectivity index (χ0) is 12.3. The highest BCUT2D eigenvalue weighted by Gasteiger charge is 2.44. The van der Waals surface area contributed by atoms with E-state index in [2.05, 4.69) is 6.92 Å². The summed E-state index contributed by atoms with van der Waals surface area (Å²) in [4.78, 5) is 0. The number of hydrogen-bond acceptors (Lipinski definition) is 3. The maximum absolute atomic E-state index is 10.5. The Morgan fingerprint density at radius 1 is 1.53 bits per heavy atom. The van der Waals surface area contributed by atoms with Crippen molar-refractivity contribution in [1.29, 1.82) is 0 Å². The molecule has 0 spiro atoms. The molecule has 0 radical (unpaired) electrons. The Hall–Kier alpha value is -0.540. The van der Waals surface area contributed by atoms with E-state index in [0.717, 1.165) is 43.8 Å². The van der Waals surface area contributed by atoms with Crippen LogP contribution in [0.5, 0.6) is 0 Å². The second-order valence-electron chi connectivity index (χ2n) is 5.33. The van der Waals surface area contributed by atoms with Crippen LogP contribution in [0, 0.1) is 5.92 Å². The van der Waals surface area contributed by atoms with Gasteiger partial charge in [-0.25, -0.2) is 0 Å². The Balaban J connectivity index is 2.09. The maximum atomic E-state index is 10.5. The van der Waals surface area contributed by atoms with Gasteiger partial charge in [0.05, 0.1) is 6.61 Å². The van der Waals surface area contributed by atoms with Crippen molar-refractivity contribution in [3.8, 4) is 0 Å². The summed E-state index contributed by atoms with van der Waals surface area (Å²) in [7, 11) is 0. The Morgan fingerprint density at radius 2 is 2.24 bits per heavy atom. The minimum Gasteiger partial charge on any atom is -0.495 e. The predicted molar refractivity (Wildman–Crippen MR) is 66.6 cm³/mol. The van der Waals surface area contributed by atoms with Crippen molar-refractivity contribution >= 4 is 0 Å². The van der Waals surface area contributed by atoms with E-state index in [1.807, 2.05) is 13.0 Å². The lowest BCUT2D eigenvalue weighted by Crippen LogP contribution is -2.48. The molecule has 2 aliphatic rings. The first-order chi connectivity index (χ1) is 8.18. The van der Waals surface area contributed by atoms with Crippen LogP contribution in [0.4, 0.5) is 0 Å². The van der Waals surface area contributed by atoms with Crippen LogP contribution in [-0.2, 0) is 9.47 Å². The van der Waals surface area contributed by atoms with Gasteiger partial charge in [0.25, 0.3) is 0 Å². The first-order valence-corrected chi connectivity index (χ1v) is 6.83. The Labute approximate surface area is 104 Å². The molecule has 0 amide bonds. The average molecular weight is 240 g/mol. The molecule has 17 heavy (non-hydrogen) atoms. The van der Waals surface area contributed by atoms with Crippen molar-refractivity contribution in [3.05, 3.63) is 11.8 Å². The van der Waals surface area contributed by atoms with Gasteiger partial charge in [-0.05, 0) is 44.6 Å². The molecular weight excluding hydrogens is 216 g/mol. The van der Waals surface area contributed by atoms with Gasteiger partial charge in [0.2, 0.25) is 0 Å². The molecule has 1 aliphatic carbocycles. The lowest BCUT2D eigenvalue weighted by molar-refractivity contribution is -0.142. The molecule has 3 heteroatoms. The van der Waals surface area contributed by atoms with Crippen LogP contribution in [-0.4, -0.2) is 30.0 Å². The Kier molecular flexibility index (Phi) is 4.10. The molecule has 1 atom stereocenters. The van der Waals surface area contributed by atoms with E-state index in [9.17, 15) is 5.11 Å². The van der Waals surface area contributed by atoms with Gasteiger partial charge in [-0.3, -0.25) is 0 Å². The van der Waals surface area contributed by atoms with Gasteiger partial charge in [-0.15, -0.1) is 0 Å². The van der Waals surface area contributed by atoms with E-state index in [0.29, 0.717) is 13.2 Å². The summed E-state index contributed by atoms with van der Waals surface area (Å²) in [6, 6.07) is 0. The molecule has 2 rings (SSSR count). The standard InChI is InChI=1S/C14H24O3/c1-3-17-14(8-6-11(2)7-9-14)13(15)12-5-4-10-16-12/h5,11,13,15H,3-4,6-10H2,1-2H3. The molecule has 1 heterocycles. The molecule has 1 N–H and O–H groups in total. The number of ether oxygens (including phenoxy) is 2. The van der Waals surface area contributed by atoms with Gasteiger partial charge in [-0.2, -0.15) is 0 Å². The fraction of sp³-hybridized carbons (Fsp3) is 0.857. The highest BCUT2D eigenvalue weighted by molar-refractivity contribution is 5.12. The first kappa shape index (κ1) is 12.9. The molecule has 0 aromatic carbocycles. The predicted octanol–water partition coefficient (Wildman–Crippen LogP) is 2.64. The normalized spacial score (nSPS) is 35.2. The monoisotopic (exact) mass is 240 g/mol. The number of aliphatic hydroxyl groups excluding tert-OH is 1. The summed E-state index contributed by atoms with van der Waals surface area (Å²) in [6.45, 7) is 5.62. The molecule has 1 aliphatic heterocycles. The molecule has 0 bridgehead atoms. The van der Waals surface area contributed by atoms with Crippen molar-refractivity contribution in [1.82, 2.24) is 0 Å². The molecule has 1 fully saturated rings. The maximum Gasteiger partial charge on any atom is 0.139 e. The third-order valence-electron chi connectivity index (χ3n) is 4.05. The van der Waals surface area contributed by atoms with E-state index in [-0.39, 0.29) is 0 Å². The zero-order valence-electron chi connectivity index (χ0n) is 10.9. The van der Waals surface area contributed by atoms with Crippen LogP contribution >= 0.6 is 0 Å². The van der Waals surface area contributed by atoms with Crippen LogP contribution in [0.2, 0.25) is 0 Å². The van der Waals surface area contributed by atoms with Crippen LogP contribution in [0.25, 0.3) is 0 Å². The third kappa shape index (κ3) is 2.66. The summed E-state index contributed by atoms with van der Waals surface area (Å²) < 4.78 is 11.4. The van der Waals surface area contributed by atoms with Crippen LogP contribution < -0.4 is 0 Å². The van der Waals surface area contributed by atoms with E-state index in [1.165, 1.54) is 0 Å². The van der Waals surface area contributed by atoms with Crippen molar-refractivity contribution in [3.63, 3.8) is 0 Å². The molecule has 0 aromatic rings. The molecular formula is C14H24O3. The number of rotatable bonds is 4. The molecule has 98 valence electrons. The fourth-order valence-electron chi connectivity index (χ4n) is 2.92. The van der Waals surface area contributed by atoms with Crippen LogP contribution in [0.1, 0.15) is 46.0 Å². The highest BCUT2D eigenvalue weighted by Crippen LogP contribution is 2.40. The van der Waals surface area contributed by atoms with E-state index >= 15 is 0 Å². The smallest absolute Gasteiger partial charge is 0.139 e. The number of hydrogen-bond donors (Lipinski definition) is 1. The quantitative estimate of drug-likeness (QED) is 0.821. The number of aliphatic hydroxyl groups is 1. The molecule has 0 saturated heterocycles. The van der Waals surface area contributed by atoms with Crippen molar-refractivity contribution in [2.45, 2.75) is 57.7 Å². The highest BCUT2D eigenvalue weighted by atomic mass is 16.5. The second kappa shape index (κ2) is 5.40. The SMILES string of the molecule is CCOC1(C(O)C2=CCCO2)CCC(C)CC1. The van der Waals surface area contributed by atoms with E-state index < -0.39 is 11.7 Å². The largest absolute Gasteiger partial charge is 0.495 e. The van der Waals surface area contributed by atoms with Gasteiger partial charge in [0.15, 0.2) is 0 Å². The average Bonchev–Trinajstić information content (AvgIpc) is 2.85. The molecule has 1 saturated carbocycles. The fourth-order valence-corrected chi connectivity index (χ4v) is 2.92. The lowest BCUT2D eigenvalue weighted by atomic mass is 9.75. The third-order valence-corrected chi connectivity index (χ3v) is 4.05. The van der Waals surface area contributed by atoms with Crippen molar-refractivity contribution in [2.75, 3.05) is 13.2 Å². The van der Waals surface area contributed by atoms with E-state index in [1.54, 1.807) is 0 Å². The minimum absolute atomic E-state index is 0.405. The molecule has 1 unspecified atom stereocenters. The summed E-state index contributed by atoms with van der Waals surface area (Å²) in [5, 5.41) is 10.5. The van der Waals surface area contributed by atoms with Crippen LogP contribution in [0.3, 0.4) is 0 Å². The summed E-state index contributed by atoms with van der Waals surface area (Å²) in [5.41, 5.74) is -0.405. The Bertz CT molecular complexity index is 277. The van der Waals surface area contributed by atoms with Crippen LogP contribution in [0.15, 0.2) is 11.8 Å². The van der Waals surface area contributed by atoms with Gasteiger partial charge in [0.1, 0.15) is 17.5 Å². The first-order valence-electron chi connectivity index (χ1n) is 6.83. The van der Waals surface area contributed by atoms with Crippen molar-refractivity contribution in [2.24, 2.45) is 5.92 Å². The summed E-state index contributed by atoms with van der Waals surface area (Å²) >= 11 is 0. The minimum atomic E-state index is -0.586. The summed E-state index contributed by atoms with van der Waals surface area (Å²) in [6.07, 6.45) is 6.45. The van der Waals surface area contributed by atoms with Gasteiger partial charge < -0.3 is 14.6 Å². The van der Waals surface area contributed by atoms with Gasteiger partial charge >= 0.3 is 0 Å². The van der Waals surface area contributed by atoms with E-state index in [4.69, 9.17) is 9.47 Å². The second-order valence-corrected chi connectivity index (χ2v) is 5.33. The van der Waals surface area contributed by atoms with Gasteiger partial charge in [0, 0.05) is 13.0 Å². The van der Waals surface area contributed by atoms with Crippen molar-refractivity contribution < 1.29 is 14.6 Å². The Morgan fingerprint density at radius 3 is 2.76 bits per heavy atom. The lowest BCUT2D eigenvalue weighted by Gasteiger charge is -2.42.